The molecule has 0 spiro atoms. The summed E-state index contributed by atoms with van der Waals surface area (Å²) in [7, 11) is -1.50. The number of sulfonamides is 1. The first kappa shape index (κ1) is 16.1. The Morgan fingerprint density at radius 2 is 1.68 bits per heavy atom. The molecule has 19 heavy (non-hydrogen) atoms. The predicted octanol–water partition coefficient (Wildman–Crippen LogP) is 2.29. The molecule has 0 aliphatic rings. The molecule has 0 saturated carbocycles. The van der Waals surface area contributed by atoms with E-state index in [-0.39, 0.29) is 6.04 Å². The lowest BCUT2D eigenvalue weighted by molar-refractivity contribution is 0.551. The Balaban J connectivity index is 2.73. The van der Waals surface area contributed by atoms with E-state index in [2.05, 4.69) is 23.9 Å². The monoisotopic (exact) mass is 284 g/mol. The second-order valence-corrected chi connectivity index (χ2v) is 6.93. The van der Waals surface area contributed by atoms with Gasteiger partial charge in [-0.2, -0.15) is 0 Å². The van der Waals surface area contributed by atoms with Crippen LogP contribution in [0, 0.1) is 5.92 Å². The summed E-state index contributed by atoms with van der Waals surface area (Å²) in [5, 5.41) is 3.12. The number of hydrogen-bond acceptors (Lipinski definition) is 3. The Morgan fingerprint density at radius 1 is 1.11 bits per heavy atom. The van der Waals surface area contributed by atoms with E-state index in [4.69, 9.17) is 0 Å². The highest BCUT2D eigenvalue weighted by atomic mass is 32.2. The molecule has 0 aliphatic carbocycles. The maximum absolute atomic E-state index is 12.0. The minimum absolute atomic E-state index is 0.214. The van der Waals surface area contributed by atoms with Crippen molar-refractivity contribution in [3.05, 3.63) is 29.8 Å². The summed E-state index contributed by atoms with van der Waals surface area (Å²) in [6.07, 6.45) is 0.841. The van der Waals surface area contributed by atoms with Gasteiger partial charge in [-0.1, -0.05) is 26.0 Å². The van der Waals surface area contributed by atoms with E-state index in [0.717, 1.165) is 12.0 Å². The number of hydrogen-bond donors (Lipinski definition) is 2. The Hall–Kier alpha value is -0.910. The Morgan fingerprint density at radius 3 is 2.16 bits per heavy atom. The average molecular weight is 284 g/mol. The van der Waals surface area contributed by atoms with Crippen LogP contribution in [0.4, 0.5) is 0 Å². The van der Waals surface area contributed by atoms with Crippen LogP contribution in [0.25, 0.3) is 0 Å². The highest BCUT2D eigenvalue weighted by Gasteiger charge is 2.14. The van der Waals surface area contributed by atoms with Crippen molar-refractivity contribution in [3.8, 4) is 0 Å². The standard InChI is InChI=1S/C14H24N2O2S/c1-11(2)9-10-16-19(17,18)14-7-5-13(6-8-14)12(3)15-4/h5-8,11-12,15-16H,9-10H2,1-4H3. The van der Waals surface area contributed by atoms with Gasteiger partial charge in [0.2, 0.25) is 10.0 Å². The van der Waals surface area contributed by atoms with Gasteiger partial charge in [0.05, 0.1) is 4.90 Å². The van der Waals surface area contributed by atoms with E-state index in [1.54, 1.807) is 12.1 Å². The number of rotatable bonds is 7. The summed E-state index contributed by atoms with van der Waals surface area (Å²) in [5.74, 6) is 0.488. The van der Waals surface area contributed by atoms with Gasteiger partial charge in [-0.3, -0.25) is 0 Å². The molecule has 1 aromatic carbocycles. The molecule has 0 bridgehead atoms. The number of nitrogens with one attached hydrogen (secondary N) is 2. The van der Waals surface area contributed by atoms with Gasteiger partial charge in [0, 0.05) is 12.6 Å². The van der Waals surface area contributed by atoms with Crippen LogP contribution in [0.15, 0.2) is 29.2 Å². The summed E-state index contributed by atoms with van der Waals surface area (Å²) < 4.78 is 26.7. The first-order chi connectivity index (χ1) is 8.86. The molecule has 0 aromatic heterocycles. The van der Waals surface area contributed by atoms with Gasteiger partial charge in [0.1, 0.15) is 0 Å². The summed E-state index contributed by atoms with van der Waals surface area (Å²) in [6.45, 7) is 6.66. The fourth-order valence-electron chi connectivity index (χ4n) is 1.67. The highest BCUT2D eigenvalue weighted by Crippen LogP contribution is 2.15. The van der Waals surface area contributed by atoms with Gasteiger partial charge in [-0.05, 0) is 44.0 Å². The van der Waals surface area contributed by atoms with E-state index in [9.17, 15) is 8.42 Å². The van der Waals surface area contributed by atoms with Crippen molar-refractivity contribution in [2.75, 3.05) is 13.6 Å². The van der Waals surface area contributed by atoms with E-state index in [1.807, 2.05) is 26.1 Å². The smallest absolute Gasteiger partial charge is 0.240 e. The van der Waals surface area contributed by atoms with Crippen LogP contribution in [0.3, 0.4) is 0 Å². The second kappa shape index (κ2) is 7.03. The summed E-state index contributed by atoms with van der Waals surface area (Å²) in [6, 6.07) is 7.21. The van der Waals surface area contributed by atoms with Gasteiger partial charge in [0.25, 0.3) is 0 Å². The zero-order valence-electron chi connectivity index (χ0n) is 12.1. The zero-order chi connectivity index (χ0) is 14.5. The second-order valence-electron chi connectivity index (χ2n) is 5.16. The largest absolute Gasteiger partial charge is 0.313 e. The maximum atomic E-state index is 12.0. The SMILES string of the molecule is CNC(C)c1ccc(S(=O)(=O)NCCC(C)C)cc1. The summed E-state index contributed by atoms with van der Waals surface area (Å²) in [4.78, 5) is 0.323. The quantitative estimate of drug-likeness (QED) is 0.807. The molecular weight excluding hydrogens is 260 g/mol. The third-order valence-electron chi connectivity index (χ3n) is 3.14. The molecule has 2 N–H and O–H groups in total. The molecule has 1 aromatic rings. The van der Waals surface area contributed by atoms with Crippen molar-refractivity contribution in [2.45, 2.75) is 38.1 Å². The van der Waals surface area contributed by atoms with E-state index in [0.29, 0.717) is 17.4 Å². The van der Waals surface area contributed by atoms with Gasteiger partial charge in [-0.15, -0.1) is 0 Å². The van der Waals surface area contributed by atoms with Crippen LogP contribution in [0.1, 0.15) is 38.8 Å². The molecule has 1 atom stereocenters. The third-order valence-corrected chi connectivity index (χ3v) is 4.61. The normalized spacial score (nSPS) is 13.7. The Labute approximate surface area is 116 Å². The fourth-order valence-corrected chi connectivity index (χ4v) is 2.72. The minimum Gasteiger partial charge on any atom is -0.313 e. The lowest BCUT2D eigenvalue weighted by atomic mass is 10.1. The molecule has 0 radical (unpaired) electrons. The third kappa shape index (κ3) is 4.93. The van der Waals surface area contributed by atoms with Crippen molar-refractivity contribution in [1.29, 1.82) is 0 Å². The molecule has 0 fully saturated rings. The van der Waals surface area contributed by atoms with E-state index in [1.165, 1.54) is 0 Å². The zero-order valence-corrected chi connectivity index (χ0v) is 12.9. The molecule has 0 amide bonds. The van der Waals surface area contributed by atoms with E-state index < -0.39 is 10.0 Å². The van der Waals surface area contributed by atoms with Crippen molar-refractivity contribution in [3.63, 3.8) is 0 Å². The highest BCUT2D eigenvalue weighted by molar-refractivity contribution is 7.89. The van der Waals surface area contributed by atoms with Gasteiger partial charge >= 0.3 is 0 Å². The average Bonchev–Trinajstić information content (AvgIpc) is 2.37. The maximum Gasteiger partial charge on any atom is 0.240 e. The molecule has 108 valence electrons. The van der Waals surface area contributed by atoms with Crippen molar-refractivity contribution >= 4 is 10.0 Å². The van der Waals surface area contributed by atoms with Crippen molar-refractivity contribution < 1.29 is 8.42 Å². The molecule has 0 saturated heterocycles. The van der Waals surface area contributed by atoms with Gasteiger partial charge in [0.15, 0.2) is 0 Å². The van der Waals surface area contributed by atoms with Crippen LogP contribution in [0.5, 0.6) is 0 Å². The molecular formula is C14H24N2O2S. The lowest BCUT2D eigenvalue weighted by Crippen LogP contribution is -2.25. The molecule has 0 heterocycles. The fraction of sp³-hybridized carbons (Fsp3) is 0.571. The summed E-state index contributed by atoms with van der Waals surface area (Å²) in [5.41, 5.74) is 1.07. The predicted molar refractivity (Wildman–Crippen MR) is 78.6 cm³/mol. The molecule has 1 rings (SSSR count). The number of benzene rings is 1. The topological polar surface area (TPSA) is 58.2 Å². The van der Waals surface area contributed by atoms with E-state index >= 15 is 0 Å². The summed E-state index contributed by atoms with van der Waals surface area (Å²) >= 11 is 0. The molecule has 5 heteroatoms. The van der Waals surface area contributed by atoms with Gasteiger partial charge < -0.3 is 5.32 Å². The van der Waals surface area contributed by atoms with Gasteiger partial charge in [-0.25, -0.2) is 13.1 Å². The lowest BCUT2D eigenvalue weighted by Gasteiger charge is -2.12. The first-order valence-corrected chi connectivity index (χ1v) is 8.12. The molecule has 4 nitrogen and oxygen atoms in total. The molecule has 1 unspecified atom stereocenters. The van der Waals surface area contributed by atoms with Crippen molar-refractivity contribution in [1.82, 2.24) is 10.0 Å². The molecule has 0 aliphatic heterocycles. The van der Waals surface area contributed by atoms with Crippen LogP contribution in [0.2, 0.25) is 0 Å². The van der Waals surface area contributed by atoms with Crippen molar-refractivity contribution in [2.24, 2.45) is 5.92 Å². The van der Waals surface area contributed by atoms with Crippen LogP contribution in [-0.2, 0) is 10.0 Å². The van der Waals surface area contributed by atoms with Crippen LogP contribution in [-0.4, -0.2) is 22.0 Å². The Bertz CT molecular complexity index is 481. The minimum atomic E-state index is -3.38. The van der Waals surface area contributed by atoms with Crippen LogP contribution >= 0.6 is 0 Å². The first-order valence-electron chi connectivity index (χ1n) is 6.63. The van der Waals surface area contributed by atoms with Crippen LogP contribution < -0.4 is 10.0 Å². The Kier molecular flexibility index (Phi) is 5.97.